The number of aliphatic hydroxyl groups is 1. The lowest BCUT2D eigenvalue weighted by Crippen LogP contribution is -1.92. The minimum absolute atomic E-state index is 0.887. The summed E-state index contributed by atoms with van der Waals surface area (Å²) in [4.78, 5) is 8.51. The van der Waals surface area contributed by atoms with Crippen LogP contribution >= 0.6 is 8.03 Å². The van der Waals surface area contributed by atoms with E-state index in [0.717, 1.165) is 5.56 Å². The third kappa shape index (κ3) is 3.47. The van der Waals surface area contributed by atoms with Crippen molar-refractivity contribution in [1.82, 2.24) is 0 Å². The van der Waals surface area contributed by atoms with Gasteiger partial charge in [-0.1, -0.05) is 36.4 Å². The van der Waals surface area contributed by atoms with E-state index in [-0.39, 0.29) is 0 Å². The molecule has 2 N–H and O–H groups in total. The van der Waals surface area contributed by atoms with Crippen LogP contribution in [0.2, 0.25) is 0 Å². The van der Waals surface area contributed by atoms with E-state index in [0.29, 0.717) is 0 Å². The molecule has 0 saturated heterocycles. The minimum atomic E-state index is -2.54. The maximum absolute atomic E-state index is 10.4. The van der Waals surface area contributed by atoms with Crippen LogP contribution in [0.15, 0.2) is 36.4 Å². The van der Waals surface area contributed by atoms with Gasteiger partial charge in [-0.05, 0) is 16.2 Å². The molecule has 68 valence electrons. The normalized spacial score (nSPS) is 14.5. The van der Waals surface area contributed by atoms with Gasteiger partial charge in [-0.3, -0.25) is 0 Å². The second-order valence-corrected chi connectivity index (χ2v) is 3.62. The maximum atomic E-state index is 10.4. The van der Waals surface area contributed by atoms with Gasteiger partial charge in [-0.25, -0.2) is 0 Å². The first-order chi connectivity index (χ1) is 6.20. The Labute approximate surface area is 77.2 Å². The lowest BCUT2D eigenvalue weighted by molar-refractivity contribution is 0.282. The summed E-state index contributed by atoms with van der Waals surface area (Å²) in [5, 5.41) is 8.97. The second kappa shape index (κ2) is 4.87. The van der Waals surface area contributed by atoms with Gasteiger partial charge in [0.05, 0.1) is 0 Å². The zero-order valence-electron chi connectivity index (χ0n) is 6.87. The molecular weight excluding hydrogens is 187 g/mol. The van der Waals surface area contributed by atoms with Crippen molar-refractivity contribution in [2.24, 2.45) is 0 Å². The van der Waals surface area contributed by atoms with Gasteiger partial charge in [0.25, 0.3) is 0 Å². The van der Waals surface area contributed by atoms with E-state index in [1.165, 1.54) is 6.08 Å². The average molecular weight is 197 g/mol. The smallest absolute Gasteiger partial charge is 0.345 e. The first-order valence-corrected chi connectivity index (χ1v) is 5.05. The summed E-state index contributed by atoms with van der Waals surface area (Å²) in [6.45, 7) is 0. The summed E-state index contributed by atoms with van der Waals surface area (Å²) >= 11 is 0. The molecule has 2 unspecified atom stereocenters. The van der Waals surface area contributed by atoms with Gasteiger partial charge in [0.1, 0.15) is 0 Å². The molecule has 0 radical (unpaired) electrons. The molecule has 13 heavy (non-hydrogen) atoms. The fraction of sp³-hybridized carbons (Fsp3) is 0.111. The molecule has 0 aliphatic rings. The topological polar surface area (TPSA) is 57.5 Å². The molecule has 0 aliphatic carbocycles. The number of hydrogen-bond acceptors (Lipinski definition) is 2. The molecule has 1 aromatic carbocycles. The molecule has 3 nitrogen and oxygen atoms in total. The Morgan fingerprint density at radius 3 is 2.46 bits per heavy atom. The molecule has 0 saturated carbocycles. The van der Waals surface area contributed by atoms with Crippen molar-refractivity contribution in [3.63, 3.8) is 0 Å². The van der Waals surface area contributed by atoms with Crippen LogP contribution in [0.3, 0.4) is 0 Å². The fourth-order valence-electron chi connectivity index (χ4n) is 0.835. The summed E-state index contributed by atoms with van der Waals surface area (Å²) < 4.78 is 10.4. The van der Waals surface area contributed by atoms with Gasteiger partial charge in [0.2, 0.25) is 0 Å². The number of rotatable bonds is 3. The van der Waals surface area contributed by atoms with Crippen molar-refractivity contribution in [1.29, 1.82) is 0 Å². The summed E-state index contributed by atoms with van der Waals surface area (Å²) in [5.74, 6) is -1.28. The van der Waals surface area contributed by atoms with Crippen LogP contribution in [-0.2, 0) is 4.57 Å². The largest absolute Gasteiger partial charge is 0.542 e. The summed E-state index contributed by atoms with van der Waals surface area (Å²) in [6.07, 6.45) is 2.90. The van der Waals surface area contributed by atoms with E-state index in [2.05, 4.69) is 0 Å². The van der Waals surface area contributed by atoms with Crippen LogP contribution in [0, 0.1) is 0 Å². The van der Waals surface area contributed by atoms with Crippen molar-refractivity contribution < 1.29 is 14.6 Å². The third-order valence-electron chi connectivity index (χ3n) is 1.49. The van der Waals surface area contributed by atoms with Crippen LogP contribution in [0.1, 0.15) is 5.56 Å². The number of aliphatic hydroxyl groups excluding tert-OH is 1. The molecule has 0 aromatic heterocycles. The maximum Gasteiger partial charge on any atom is 0.542 e. The molecule has 0 bridgehead atoms. The van der Waals surface area contributed by atoms with E-state index < -0.39 is 13.9 Å². The molecule has 1 rings (SSSR count). The van der Waals surface area contributed by atoms with E-state index in [1.807, 2.05) is 30.3 Å². The van der Waals surface area contributed by atoms with Gasteiger partial charge in [-0.2, -0.15) is 4.89 Å². The highest BCUT2D eigenvalue weighted by Crippen LogP contribution is 2.21. The minimum Gasteiger partial charge on any atom is -0.345 e. The molecule has 2 atom stereocenters. The number of benzene rings is 1. The Balaban J connectivity index is 2.64. The molecule has 0 heterocycles. The first kappa shape index (κ1) is 10.1. The summed E-state index contributed by atoms with van der Waals surface area (Å²) in [6, 6.07) is 9.26. The standard InChI is InChI=1S/C9H9O3P/c10-9(13(11)12)7-6-8-4-2-1-3-5-8/h1-7,9-10H/p+1/b7-6+. The lowest BCUT2D eigenvalue weighted by atomic mass is 10.2. The van der Waals surface area contributed by atoms with Gasteiger partial charge in [-0.15, -0.1) is 0 Å². The van der Waals surface area contributed by atoms with Crippen LogP contribution < -0.4 is 0 Å². The SMILES string of the molecule is O=[P+](O)C(O)/C=C/c1ccccc1. The number of hydrogen-bond donors (Lipinski definition) is 2. The third-order valence-corrected chi connectivity index (χ3v) is 2.11. The van der Waals surface area contributed by atoms with Crippen molar-refractivity contribution in [2.75, 3.05) is 0 Å². The van der Waals surface area contributed by atoms with Crippen molar-refractivity contribution in [2.45, 2.75) is 5.85 Å². The van der Waals surface area contributed by atoms with E-state index in [9.17, 15) is 4.57 Å². The molecule has 0 amide bonds. The van der Waals surface area contributed by atoms with Gasteiger partial charge >= 0.3 is 13.9 Å². The van der Waals surface area contributed by atoms with Crippen LogP contribution in [0.4, 0.5) is 0 Å². The molecule has 0 aliphatic heterocycles. The van der Waals surface area contributed by atoms with Crippen LogP contribution in [0.25, 0.3) is 6.08 Å². The molecule has 0 fully saturated rings. The quantitative estimate of drug-likeness (QED) is 0.726. The second-order valence-electron chi connectivity index (χ2n) is 2.49. The highest BCUT2D eigenvalue weighted by Gasteiger charge is 2.21. The van der Waals surface area contributed by atoms with Gasteiger partial charge in [0, 0.05) is 0 Å². The monoisotopic (exact) mass is 197 g/mol. The van der Waals surface area contributed by atoms with E-state index >= 15 is 0 Å². The summed E-state index contributed by atoms with van der Waals surface area (Å²) in [5.41, 5.74) is 0.887. The fourth-order valence-corrected chi connectivity index (χ4v) is 1.07. The highest BCUT2D eigenvalue weighted by atomic mass is 31.1. The zero-order valence-corrected chi connectivity index (χ0v) is 7.76. The van der Waals surface area contributed by atoms with Gasteiger partial charge < -0.3 is 5.11 Å². The molecule has 4 heteroatoms. The highest BCUT2D eigenvalue weighted by molar-refractivity contribution is 7.38. The Morgan fingerprint density at radius 2 is 1.92 bits per heavy atom. The first-order valence-electron chi connectivity index (χ1n) is 3.76. The Morgan fingerprint density at radius 1 is 1.31 bits per heavy atom. The Bertz CT molecular complexity index is 308. The summed E-state index contributed by atoms with van der Waals surface area (Å²) in [7, 11) is -2.54. The Hall–Kier alpha value is -1.02. The predicted octanol–water partition coefficient (Wildman–Crippen LogP) is 1.75. The van der Waals surface area contributed by atoms with E-state index in [1.54, 1.807) is 6.08 Å². The van der Waals surface area contributed by atoms with Crippen molar-refractivity contribution in [3.8, 4) is 0 Å². The zero-order chi connectivity index (χ0) is 9.68. The Kier molecular flexibility index (Phi) is 3.77. The lowest BCUT2D eigenvalue weighted by Gasteiger charge is -1.90. The predicted molar refractivity (Wildman–Crippen MR) is 51.3 cm³/mol. The average Bonchev–Trinajstić information content (AvgIpc) is 2.15. The molecular formula is C9H10O3P+. The van der Waals surface area contributed by atoms with Gasteiger partial charge in [0.15, 0.2) is 0 Å². The van der Waals surface area contributed by atoms with Crippen molar-refractivity contribution >= 4 is 14.1 Å². The van der Waals surface area contributed by atoms with Crippen LogP contribution in [-0.4, -0.2) is 15.8 Å². The van der Waals surface area contributed by atoms with Crippen LogP contribution in [0.5, 0.6) is 0 Å². The van der Waals surface area contributed by atoms with E-state index in [4.69, 9.17) is 10.00 Å². The molecule has 0 spiro atoms. The molecule has 1 aromatic rings. The van der Waals surface area contributed by atoms with Crippen molar-refractivity contribution in [3.05, 3.63) is 42.0 Å².